The monoisotopic (exact) mass is 234 g/mol. The van der Waals surface area contributed by atoms with Gasteiger partial charge < -0.3 is 5.73 Å². The Labute approximate surface area is 103 Å². The van der Waals surface area contributed by atoms with Crippen LogP contribution in [-0.2, 0) is 6.42 Å². The van der Waals surface area contributed by atoms with Crippen LogP contribution in [-0.4, -0.2) is 15.0 Å². The summed E-state index contributed by atoms with van der Waals surface area (Å²) in [7, 11) is 0. The van der Waals surface area contributed by atoms with E-state index in [1.807, 2.05) is 6.92 Å². The van der Waals surface area contributed by atoms with E-state index in [2.05, 4.69) is 21.9 Å². The lowest BCUT2D eigenvalue weighted by molar-refractivity contribution is 0.306. The maximum atomic E-state index is 5.75. The Morgan fingerprint density at radius 1 is 1.18 bits per heavy atom. The van der Waals surface area contributed by atoms with Crippen LogP contribution in [0.4, 0.5) is 5.95 Å². The van der Waals surface area contributed by atoms with Crippen molar-refractivity contribution in [3.63, 3.8) is 0 Å². The summed E-state index contributed by atoms with van der Waals surface area (Å²) in [5.74, 6) is 3.45. The third-order valence-corrected chi connectivity index (χ3v) is 3.76. The Kier molecular flexibility index (Phi) is 3.92. The van der Waals surface area contributed by atoms with E-state index in [9.17, 15) is 0 Å². The largest absolute Gasteiger partial charge is 0.368 e. The van der Waals surface area contributed by atoms with Crippen molar-refractivity contribution in [3.05, 3.63) is 11.6 Å². The summed E-state index contributed by atoms with van der Waals surface area (Å²) in [6.07, 6.45) is 7.14. The van der Waals surface area contributed by atoms with E-state index in [1.54, 1.807) is 0 Å². The van der Waals surface area contributed by atoms with E-state index in [4.69, 9.17) is 5.73 Å². The molecule has 1 heterocycles. The highest BCUT2D eigenvalue weighted by Gasteiger charge is 2.24. The number of hydrogen-bond acceptors (Lipinski definition) is 4. The summed E-state index contributed by atoms with van der Waals surface area (Å²) >= 11 is 0. The quantitative estimate of drug-likeness (QED) is 0.873. The Balaban J connectivity index is 2.18. The third kappa shape index (κ3) is 2.93. The fourth-order valence-electron chi connectivity index (χ4n) is 2.69. The van der Waals surface area contributed by atoms with Crippen LogP contribution in [0, 0.1) is 5.92 Å². The van der Waals surface area contributed by atoms with Crippen LogP contribution in [0.1, 0.15) is 63.5 Å². The van der Waals surface area contributed by atoms with Gasteiger partial charge >= 0.3 is 0 Å². The molecule has 1 aromatic heterocycles. The van der Waals surface area contributed by atoms with Crippen LogP contribution in [0.15, 0.2) is 0 Å². The molecule has 0 spiro atoms. The molecule has 1 aliphatic carbocycles. The second kappa shape index (κ2) is 5.43. The molecule has 17 heavy (non-hydrogen) atoms. The number of nitrogen functional groups attached to an aromatic ring is 1. The standard InChI is InChI=1S/C13H22N4/c1-3-9-6-5-7-10(8-9)12-15-11(4-2)16-13(14)17-12/h9-10H,3-8H2,1-2H3,(H2,14,15,16,17). The third-order valence-electron chi connectivity index (χ3n) is 3.76. The van der Waals surface area contributed by atoms with Gasteiger partial charge in [-0.05, 0) is 18.8 Å². The molecule has 0 aliphatic heterocycles. The van der Waals surface area contributed by atoms with Gasteiger partial charge in [0, 0.05) is 12.3 Å². The average Bonchev–Trinajstić information content (AvgIpc) is 2.38. The first-order valence-electron chi connectivity index (χ1n) is 6.73. The van der Waals surface area contributed by atoms with Crippen LogP contribution in [0.5, 0.6) is 0 Å². The molecule has 94 valence electrons. The van der Waals surface area contributed by atoms with E-state index in [1.165, 1.54) is 32.1 Å². The Morgan fingerprint density at radius 3 is 2.71 bits per heavy atom. The molecule has 0 radical (unpaired) electrons. The molecule has 1 aromatic rings. The average molecular weight is 234 g/mol. The van der Waals surface area contributed by atoms with Gasteiger partial charge in [0.15, 0.2) is 0 Å². The second-order valence-electron chi connectivity index (χ2n) is 4.96. The molecule has 4 heteroatoms. The van der Waals surface area contributed by atoms with Crippen molar-refractivity contribution in [2.45, 2.75) is 58.3 Å². The molecule has 1 saturated carbocycles. The molecule has 1 aliphatic rings. The number of aryl methyl sites for hydroxylation is 1. The van der Waals surface area contributed by atoms with Gasteiger partial charge in [0.25, 0.3) is 0 Å². The van der Waals surface area contributed by atoms with Crippen LogP contribution < -0.4 is 5.73 Å². The topological polar surface area (TPSA) is 64.7 Å². The molecule has 0 bridgehead atoms. The maximum Gasteiger partial charge on any atom is 0.223 e. The number of nitrogens with two attached hydrogens (primary N) is 1. The predicted molar refractivity (Wildman–Crippen MR) is 68.6 cm³/mol. The molecule has 0 aromatic carbocycles. The lowest BCUT2D eigenvalue weighted by atomic mass is 9.80. The summed E-state index contributed by atoms with van der Waals surface area (Å²) in [5.41, 5.74) is 5.75. The molecule has 0 saturated heterocycles. The highest BCUT2D eigenvalue weighted by atomic mass is 15.1. The first-order chi connectivity index (χ1) is 8.22. The van der Waals surface area contributed by atoms with Gasteiger partial charge in [0.05, 0.1) is 0 Å². The Bertz CT molecular complexity index is 378. The number of anilines is 1. The first kappa shape index (κ1) is 12.3. The van der Waals surface area contributed by atoms with Crippen molar-refractivity contribution in [3.8, 4) is 0 Å². The summed E-state index contributed by atoms with van der Waals surface area (Å²) in [4.78, 5) is 13.0. The summed E-state index contributed by atoms with van der Waals surface area (Å²) in [6.45, 7) is 4.32. The zero-order valence-electron chi connectivity index (χ0n) is 10.8. The van der Waals surface area contributed by atoms with Gasteiger partial charge in [-0.2, -0.15) is 9.97 Å². The summed E-state index contributed by atoms with van der Waals surface area (Å²) < 4.78 is 0. The summed E-state index contributed by atoms with van der Waals surface area (Å²) in [5, 5.41) is 0. The van der Waals surface area contributed by atoms with Gasteiger partial charge in [-0.1, -0.05) is 33.1 Å². The molecule has 4 nitrogen and oxygen atoms in total. The zero-order valence-corrected chi connectivity index (χ0v) is 10.8. The Hall–Kier alpha value is -1.19. The minimum Gasteiger partial charge on any atom is -0.368 e. The summed E-state index contributed by atoms with van der Waals surface area (Å²) in [6, 6.07) is 0. The van der Waals surface area contributed by atoms with E-state index >= 15 is 0 Å². The van der Waals surface area contributed by atoms with E-state index in [0.29, 0.717) is 11.9 Å². The van der Waals surface area contributed by atoms with Crippen LogP contribution in [0.3, 0.4) is 0 Å². The molecule has 2 atom stereocenters. The van der Waals surface area contributed by atoms with Crippen molar-refractivity contribution in [2.75, 3.05) is 5.73 Å². The molecule has 2 unspecified atom stereocenters. The fourth-order valence-corrected chi connectivity index (χ4v) is 2.69. The molecular weight excluding hydrogens is 212 g/mol. The number of rotatable bonds is 3. The normalized spacial score (nSPS) is 24.8. The van der Waals surface area contributed by atoms with Crippen molar-refractivity contribution in [1.29, 1.82) is 0 Å². The number of aromatic nitrogens is 3. The van der Waals surface area contributed by atoms with Crippen LogP contribution in [0.2, 0.25) is 0 Å². The first-order valence-corrected chi connectivity index (χ1v) is 6.73. The van der Waals surface area contributed by atoms with E-state index in [0.717, 1.165) is 24.0 Å². The minimum absolute atomic E-state index is 0.380. The molecular formula is C13H22N4. The SMILES string of the molecule is CCc1nc(N)nc(C2CCCC(CC)C2)n1. The van der Waals surface area contributed by atoms with Gasteiger partial charge in [0.1, 0.15) is 11.6 Å². The van der Waals surface area contributed by atoms with Crippen molar-refractivity contribution >= 4 is 5.95 Å². The molecule has 1 fully saturated rings. The lowest BCUT2D eigenvalue weighted by Crippen LogP contribution is -2.17. The van der Waals surface area contributed by atoms with Gasteiger partial charge in [-0.3, -0.25) is 0 Å². The fraction of sp³-hybridized carbons (Fsp3) is 0.769. The van der Waals surface area contributed by atoms with Gasteiger partial charge in [0.2, 0.25) is 5.95 Å². The molecule has 2 rings (SSSR count). The maximum absolute atomic E-state index is 5.75. The van der Waals surface area contributed by atoms with Crippen LogP contribution in [0.25, 0.3) is 0 Å². The lowest BCUT2D eigenvalue weighted by Gasteiger charge is -2.27. The molecule has 0 amide bonds. The zero-order chi connectivity index (χ0) is 12.3. The van der Waals surface area contributed by atoms with E-state index in [-0.39, 0.29) is 0 Å². The second-order valence-corrected chi connectivity index (χ2v) is 4.96. The highest BCUT2D eigenvalue weighted by molar-refractivity contribution is 5.17. The Morgan fingerprint density at radius 2 is 2.00 bits per heavy atom. The number of hydrogen-bond donors (Lipinski definition) is 1. The van der Waals surface area contributed by atoms with E-state index < -0.39 is 0 Å². The van der Waals surface area contributed by atoms with Gasteiger partial charge in [-0.15, -0.1) is 0 Å². The smallest absolute Gasteiger partial charge is 0.223 e. The molecule has 2 N–H and O–H groups in total. The van der Waals surface area contributed by atoms with Crippen molar-refractivity contribution < 1.29 is 0 Å². The van der Waals surface area contributed by atoms with Crippen molar-refractivity contribution in [2.24, 2.45) is 5.92 Å². The van der Waals surface area contributed by atoms with Crippen molar-refractivity contribution in [1.82, 2.24) is 15.0 Å². The number of nitrogens with zero attached hydrogens (tertiary/aromatic N) is 3. The van der Waals surface area contributed by atoms with Crippen LogP contribution >= 0.6 is 0 Å². The predicted octanol–water partition coefficient (Wildman–Crippen LogP) is 2.70. The minimum atomic E-state index is 0.380. The van der Waals surface area contributed by atoms with Gasteiger partial charge in [-0.25, -0.2) is 4.98 Å². The highest BCUT2D eigenvalue weighted by Crippen LogP contribution is 2.36.